The lowest BCUT2D eigenvalue weighted by Gasteiger charge is -2.13. The fourth-order valence-corrected chi connectivity index (χ4v) is 4.35. The van der Waals surface area contributed by atoms with Crippen molar-refractivity contribution in [3.63, 3.8) is 0 Å². The summed E-state index contributed by atoms with van der Waals surface area (Å²) < 4.78 is 30.7. The number of anilines is 1. The minimum atomic E-state index is -3.35. The van der Waals surface area contributed by atoms with Crippen molar-refractivity contribution < 1.29 is 13.2 Å². The highest BCUT2D eigenvalue weighted by Gasteiger charge is 2.26. The van der Waals surface area contributed by atoms with Gasteiger partial charge in [0.25, 0.3) is 5.90 Å². The maximum absolute atomic E-state index is 12.4. The molecule has 0 radical (unpaired) electrons. The van der Waals surface area contributed by atoms with Crippen LogP contribution in [0.4, 0.5) is 5.82 Å². The standard InChI is InChI=1S/C23H26N6O3S/c1-13(2)33(30,31)18-10-8-16(9-11-18)19-12-26-21(25)20(27-19)23-29-28-22(32-23)17-6-4-15(5-7-17)14(3)24/h4-14,22,28H,24H2,1-3H3,(H2,25,26). The molecule has 0 bridgehead atoms. The predicted molar refractivity (Wildman–Crippen MR) is 127 cm³/mol. The molecule has 0 fully saturated rings. The van der Waals surface area contributed by atoms with Crippen LogP contribution in [0, 0.1) is 0 Å². The van der Waals surface area contributed by atoms with Gasteiger partial charge in [-0.3, -0.25) is 5.43 Å². The van der Waals surface area contributed by atoms with Crippen LogP contribution in [0.25, 0.3) is 11.3 Å². The number of nitrogens with one attached hydrogen (secondary N) is 1. The van der Waals surface area contributed by atoms with Gasteiger partial charge in [0.15, 0.2) is 21.3 Å². The Bertz CT molecular complexity index is 1290. The molecular weight excluding hydrogens is 440 g/mol. The first-order chi connectivity index (χ1) is 15.7. The average Bonchev–Trinajstić information content (AvgIpc) is 3.29. The summed E-state index contributed by atoms with van der Waals surface area (Å²) in [4.78, 5) is 9.05. The van der Waals surface area contributed by atoms with Gasteiger partial charge in [0, 0.05) is 17.2 Å². The zero-order chi connectivity index (χ0) is 23.8. The van der Waals surface area contributed by atoms with Crippen molar-refractivity contribution in [3.8, 4) is 11.3 Å². The first-order valence-electron chi connectivity index (χ1n) is 10.5. The molecule has 0 saturated carbocycles. The fraction of sp³-hybridized carbons (Fsp3) is 0.261. The van der Waals surface area contributed by atoms with E-state index in [1.807, 2.05) is 31.2 Å². The highest BCUT2D eigenvalue weighted by molar-refractivity contribution is 7.92. The first-order valence-corrected chi connectivity index (χ1v) is 12.0. The molecule has 5 N–H and O–H groups in total. The van der Waals surface area contributed by atoms with Crippen molar-refractivity contribution in [3.05, 3.63) is 71.5 Å². The van der Waals surface area contributed by atoms with Crippen molar-refractivity contribution in [2.75, 3.05) is 5.73 Å². The molecule has 2 aromatic carbocycles. The Morgan fingerprint density at radius 1 is 1.03 bits per heavy atom. The van der Waals surface area contributed by atoms with Gasteiger partial charge in [-0.05, 0) is 38.5 Å². The van der Waals surface area contributed by atoms with E-state index >= 15 is 0 Å². The molecule has 172 valence electrons. The molecular formula is C23H26N6O3S. The molecule has 10 heteroatoms. The van der Waals surface area contributed by atoms with Crippen LogP contribution in [0.1, 0.15) is 49.9 Å². The molecule has 0 aliphatic carbocycles. The molecule has 0 saturated heterocycles. The van der Waals surface area contributed by atoms with Gasteiger partial charge in [0.2, 0.25) is 6.23 Å². The number of nitrogens with two attached hydrogens (primary N) is 2. The number of aromatic nitrogens is 2. The summed E-state index contributed by atoms with van der Waals surface area (Å²) in [7, 11) is -3.35. The third-order valence-electron chi connectivity index (χ3n) is 5.38. The minimum Gasteiger partial charge on any atom is -0.445 e. The number of sulfone groups is 1. The van der Waals surface area contributed by atoms with Gasteiger partial charge in [0.1, 0.15) is 0 Å². The summed E-state index contributed by atoms with van der Waals surface area (Å²) >= 11 is 0. The van der Waals surface area contributed by atoms with Crippen molar-refractivity contribution in [2.45, 2.75) is 43.2 Å². The van der Waals surface area contributed by atoms with E-state index in [1.54, 1.807) is 38.1 Å². The number of hydrazone groups is 1. The number of ether oxygens (including phenoxy) is 1. The number of rotatable bonds is 6. The number of benzene rings is 2. The van der Waals surface area contributed by atoms with Crippen LogP contribution in [-0.4, -0.2) is 29.5 Å². The molecule has 4 rings (SSSR count). The van der Waals surface area contributed by atoms with Crippen LogP contribution in [0.2, 0.25) is 0 Å². The Morgan fingerprint density at radius 3 is 2.30 bits per heavy atom. The number of nitrogens with zero attached hydrogens (tertiary/aromatic N) is 3. The summed E-state index contributed by atoms with van der Waals surface area (Å²) in [6, 6.07) is 14.2. The van der Waals surface area contributed by atoms with Crippen molar-refractivity contribution in [2.24, 2.45) is 10.8 Å². The zero-order valence-corrected chi connectivity index (χ0v) is 19.4. The lowest BCUT2D eigenvalue weighted by Crippen LogP contribution is -2.15. The summed E-state index contributed by atoms with van der Waals surface area (Å²) in [5.74, 6) is 0.397. The predicted octanol–water partition coefficient (Wildman–Crippen LogP) is 2.91. The number of nitrogen functional groups attached to an aromatic ring is 1. The van der Waals surface area contributed by atoms with Crippen LogP contribution >= 0.6 is 0 Å². The van der Waals surface area contributed by atoms with Crippen LogP contribution in [0.5, 0.6) is 0 Å². The van der Waals surface area contributed by atoms with Crippen molar-refractivity contribution in [1.82, 2.24) is 15.4 Å². The van der Waals surface area contributed by atoms with Gasteiger partial charge in [-0.2, -0.15) is 0 Å². The Morgan fingerprint density at radius 2 is 1.70 bits per heavy atom. The van der Waals surface area contributed by atoms with Gasteiger partial charge in [0.05, 0.1) is 22.0 Å². The van der Waals surface area contributed by atoms with Gasteiger partial charge in [-0.15, -0.1) is 5.10 Å². The second-order valence-corrected chi connectivity index (χ2v) is 10.6. The van der Waals surface area contributed by atoms with Gasteiger partial charge >= 0.3 is 0 Å². The smallest absolute Gasteiger partial charge is 0.263 e. The third kappa shape index (κ3) is 4.53. The monoisotopic (exact) mass is 466 g/mol. The van der Waals surface area contributed by atoms with Gasteiger partial charge in [-0.1, -0.05) is 36.4 Å². The molecule has 3 aromatic rings. The Balaban J connectivity index is 1.56. The number of hydrogen-bond acceptors (Lipinski definition) is 9. The summed E-state index contributed by atoms with van der Waals surface area (Å²) in [5.41, 5.74) is 18.3. The zero-order valence-electron chi connectivity index (χ0n) is 18.6. The third-order valence-corrected chi connectivity index (χ3v) is 7.55. The second kappa shape index (κ2) is 8.80. The maximum atomic E-state index is 12.4. The molecule has 0 spiro atoms. The van der Waals surface area contributed by atoms with E-state index in [1.165, 1.54) is 6.20 Å². The number of hydrogen-bond donors (Lipinski definition) is 3. The second-order valence-electron chi connectivity index (χ2n) is 8.11. The Kier molecular flexibility index (Phi) is 6.05. The summed E-state index contributed by atoms with van der Waals surface area (Å²) in [6.45, 7) is 5.22. The Hall–Kier alpha value is -3.50. The molecule has 1 aliphatic rings. The lowest BCUT2D eigenvalue weighted by atomic mass is 10.1. The highest BCUT2D eigenvalue weighted by Crippen LogP contribution is 2.26. The van der Waals surface area contributed by atoms with Gasteiger partial charge < -0.3 is 16.2 Å². The van der Waals surface area contributed by atoms with Crippen LogP contribution in [0.3, 0.4) is 0 Å². The normalized spacial score (nSPS) is 16.8. The highest BCUT2D eigenvalue weighted by atomic mass is 32.2. The Labute approximate surface area is 192 Å². The van der Waals surface area contributed by atoms with Gasteiger partial charge in [-0.25, -0.2) is 18.4 Å². The molecule has 1 aromatic heterocycles. The van der Waals surface area contributed by atoms with E-state index < -0.39 is 21.3 Å². The largest absolute Gasteiger partial charge is 0.445 e. The molecule has 2 atom stereocenters. The fourth-order valence-electron chi connectivity index (χ4n) is 3.29. The SMILES string of the molecule is CC(N)c1ccc(C2NN=C(c3nc(-c4ccc(S(=O)(=O)C(C)C)cc4)cnc3N)O2)cc1. The molecule has 2 unspecified atom stereocenters. The van der Waals surface area contributed by atoms with E-state index in [-0.39, 0.29) is 22.7 Å². The molecule has 33 heavy (non-hydrogen) atoms. The first kappa shape index (κ1) is 22.7. The van der Waals surface area contributed by atoms with Crippen LogP contribution in [0.15, 0.2) is 64.7 Å². The molecule has 2 heterocycles. The van der Waals surface area contributed by atoms with Crippen LogP contribution in [-0.2, 0) is 14.6 Å². The van der Waals surface area contributed by atoms with E-state index in [9.17, 15) is 8.42 Å². The summed E-state index contributed by atoms with van der Waals surface area (Å²) in [5, 5.41) is 3.74. The van der Waals surface area contributed by atoms with E-state index in [0.29, 0.717) is 17.0 Å². The van der Waals surface area contributed by atoms with Crippen LogP contribution < -0.4 is 16.9 Å². The summed E-state index contributed by atoms with van der Waals surface area (Å²) in [6.07, 6.45) is 1.03. The van der Waals surface area contributed by atoms with E-state index in [4.69, 9.17) is 16.2 Å². The van der Waals surface area contributed by atoms with E-state index in [0.717, 1.165) is 11.1 Å². The molecule has 9 nitrogen and oxygen atoms in total. The minimum absolute atomic E-state index is 0.0549. The van der Waals surface area contributed by atoms with Crippen molar-refractivity contribution >= 4 is 21.6 Å². The molecule has 0 amide bonds. The van der Waals surface area contributed by atoms with E-state index in [2.05, 4.69) is 20.5 Å². The van der Waals surface area contributed by atoms with Crippen molar-refractivity contribution in [1.29, 1.82) is 0 Å². The maximum Gasteiger partial charge on any atom is 0.263 e. The topological polar surface area (TPSA) is 146 Å². The quantitative estimate of drug-likeness (QED) is 0.503. The average molecular weight is 467 g/mol. The molecule has 1 aliphatic heterocycles. The lowest BCUT2D eigenvalue weighted by molar-refractivity contribution is 0.191.